The second kappa shape index (κ2) is 9.58. The number of carbonyl (C=O) groups excluding carboxylic acids is 2. The van der Waals surface area contributed by atoms with Crippen LogP contribution < -0.4 is 5.56 Å². The van der Waals surface area contributed by atoms with Gasteiger partial charge in [0.15, 0.2) is 6.61 Å². The number of rotatable bonds is 7. The van der Waals surface area contributed by atoms with E-state index in [4.69, 9.17) is 4.74 Å². The van der Waals surface area contributed by atoms with Crippen LogP contribution in [0.5, 0.6) is 0 Å². The van der Waals surface area contributed by atoms with Crippen molar-refractivity contribution in [2.45, 2.75) is 27.2 Å². The van der Waals surface area contributed by atoms with Crippen molar-refractivity contribution in [3.05, 3.63) is 105 Å². The topological polar surface area (TPSA) is 75.2 Å². The summed E-state index contributed by atoms with van der Waals surface area (Å²) in [5.41, 5.74) is 3.53. The zero-order valence-electron chi connectivity index (χ0n) is 20.0. The predicted octanol–water partition coefficient (Wildman–Crippen LogP) is 4.00. The Labute approximate surface area is 202 Å². The van der Waals surface area contributed by atoms with E-state index in [2.05, 4.69) is 0 Å². The number of aryl methyl sites for hydroxylation is 1. The highest BCUT2D eigenvalue weighted by atomic mass is 19.1. The maximum atomic E-state index is 13.8. The number of esters is 1. The molecule has 2 aromatic heterocycles. The Balaban J connectivity index is 1.59. The lowest BCUT2D eigenvalue weighted by Crippen LogP contribution is -2.22. The summed E-state index contributed by atoms with van der Waals surface area (Å²) < 4.78 is 24.0. The van der Waals surface area contributed by atoms with Gasteiger partial charge in [0.2, 0.25) is 5.78 Å². The van der Waals surface area contributed by atoms with E-state index in [0.717, 1.165) is 11.4 Å². The Kier molecular flexibility index (Phi) is 6.55. The van der Waals surface area contributed by atoms with Gasteiger partial charge in [-0.2, -0.15) is 0 Å². The number of Topliss-reactive ketones (excluding diaryl/α,β-unsaturated/α-hetero) is 1. The second-order valence-electron chi connectivity index (χ2n) is 8.38. The molecule has 0 spiro atoms. The first-order valence-corrected chi connectivity index (χ1v) is 11.2. The van der Waals surface area contributed by atoms with Gasteiger partial charge in [-0.25, -0.2) is 9.07 Å². The summed E-state index contributed by atoms with van der Waals surface area (Å²) in [7, 11) is 1.81. The number of hydrogen-bond donors (Lipinski definition) is 0. The highest BCUT2D eigenvalue weighted by molar-refractivity contribution is 5.99. The lowest BCUT2D eigenvalue weighted by molar-refractivity contribution is -0.141. The van der Waals surface area contributed by atoms with E-state index >= 15 is 0 Å². The monoisotopic (exact) mass is 475 g/mol. The molecule has 2 heterocycles. The van der Waals surface area contributed by atoms with Crippen molar-refractivity contribution in [3.63, 3.8) is 0 Å². The smallest absolute Gasteiger partial charge is 0.310 e. The van der Waals surface area contributed by atoms with Crippen LogP contribution in [0.25, 0.3) is 11.4 Å². The van der Waals surface area contributed by atoms with E-state index in [1.807, 2.05) is 51.2 Å². The quantitative estimate of drug-likeness (QED) is 0.299. The van der Waals surface area contributed by atoms with Gasteiger partial charge in [0.25, 0.3) is 5.56 Å². The highest BCUT2D eigenvalue weighted by Gasteiger charge is 2.24. The van der Waals surface area contributed by atoms with Gasteiger partial charge in [-0.1, -0.05) is 36.4 Å². The Hall–Kier alpha value is -4.20. The maximum Gasteiger partial charge on any atom is 0.310 e. The van der Waals surface area contributed by atoms with Crippen LogP contribution in [0, 0.1) is 26.6 Å². The zero-order chi connectivity index (χ0) is 25.3. The lowest BCUT2D eigenvalue weighted by Gasteiger charge is -2.09. The minimum atomic E-state index is -0.693. The number of para-hydroxylation sites is 1. The number of nitrogens with zero attached hydrogens (tertiary/aromatic N) is 3. The third-order valence-electron chi connectivity index (χ3n) is 6.14. The summed E-state index contributed by atoms with van der Waals surface area (Å²) >= 11 is 0. The first-order valence-electron chi connectivity index (χ1n) is 11.2. The molecule has 0 amide bonds. The molecule has 0 saturated carbocycles. The average Bonchev–Trinajstić information content (AvgIpc) is 3.25. The van der Waals surface area contributed by atoms with E-state index in [1.54, 1.807) is 33.0 Å². The van der Waals surface area contributed by atoms with Gasteiger partial charge in [0, 0.05) is 24.0 Å². The molecule has 0 bridgehead atoms. The van der Waals surface area contributed by atoms with Crippen LogP contribution in [0.4, 0.5) is 4.39 Å². The largest absolute Gasteiger partial charge is 0.457 e. The molecule has 4 aromatic rings. The van der Waals surface area contributed by atoms with Crippen LogP contribution in [-0.2, 0) is 23.0 Å². The van der Waals surface area contributed by atoms with Crippen molar-refractivity contribution in [2.75, 3.05) is 6.61 Å². The van der Waals surface area contributed by atoms with Crippen molar-refractivity contribution >= 4 is 11.8 Å². The van der Waals surface area contributed by atoms with Crippen molar-refractivity contribution in [2.24, 2.45) is 7.05 Å². The van der Waals surface area contributed by atoms with Crippen molar-refractivity contribution in [1.82, 2.24) is 13.9 Å². The molecule has 0 aliphatic heterocycles. The van der Waals surface area contributed by atoms with Gasteiger partial charge in [-0.3, -0.25) is 19.1 Å². The zero-order valence-corrected chi connectivity index (χ0v) is 20.0. The first-order chi connectivity index (χ1) is 16.7. The summed E-state index contributed by atoms with van der Waals surface area (Å²) in [6, 6.07) is 16.9. The Morgan fingerprint density at radius 2 is 1.60 bits per heavy atom. The summed E-state index contributed by atoms with van der Waals surface area (Å²) in [6.07, 6.45) is -0.263. The summed E-state index contributed by atoms with van der Waals surface area (Å²) in [4.78, 5) is 38.5. The van der Waals surface area contributed by atoms with Crippen LogP contribution in [0.15, 0.2) is 65.5 Å². The molecule has 2 aromatic carbocycles. The number of carbonyl (C=O) groups is 2. The standard InChI is InChI=1S/C27H26FN3O4/c1-17-14-22(24(32)16-35-25(33)15-20-10-8-9-13-23(20)28)18(2)30(17)26-19(3)29(4)31(27(26)34)21-11-6-5-7-12-21/h5-14H,15-16H2,1-4H3. The number of hydrogen-bond acceptors (Lipinski definition) is 4. The molecule has 8 heteroatoms. The van der Waals surface area contributed by atoms with Gasteiger partial charge in [0.1, 0.15) is 11.5 Å². The predicted molar refractivity (Wildman–Crippen MR) is 130 cm³/mol. The molecule has 7 nitrogen and oxygen atoms in total. The molecule has 0 saturated heterocycles. The molecule has 0 aliphatic rings. The molecule has 35 heavy (non-hydrogen) atoms. The van der Waals surface area contributed by atoms with E-state index < -0.39 is 24.2 Å². The van der Waals surface area contributed by atoms with E-state index in [1.165, 1.54) is 18.2 Å². The fourth-order valence-corrected chi connectivity index (χ4v) is 4.27. The van der Waals surface area contributed by atoms with Gasteiger partial charge < -0.3 is 9.30 Å². The second-order valence-corrected chi connectivity index (χ2v) is 8.38. The first kappa shape index (κ1) is 23.9. The molecular formula is C27H26FN3O4. The van der Waals surface area contributed by atoms with E-state index in [9.17, 15) is 18.8 Å². The van der Waals surface area contributed by atoms with Crippen LogP contribution in [0.2, 0.25) is 0 Å². The van der Waals surface area contributed by atoms with Crippen LogP contribution in [0.3, 0.4) is 0 Å². The number of ketones is 1. The number of aromatic nitrogens is 3. The molecule has 180 valence electrons. The highest BCUT2D eigenvalue weighted by Crippen LogP contribution is 2.23. The third kappa shape index (κ3) is 4.47. The van der Waals surface area contributed by atoms with Crippen LogP contribution in [0.1, 0.15) is 33.0 Å². The van der Waals surface area contributed by atoms with Gasteiger partial charge in [-0.05, 0) is 50.6 Å². The Morgan fingerprint density at radius 1 is 0.943 bits per heavy atom. The number of ether oxygens (including phenoxy) is 1. The minimum Gasteiger partial charge on any atom is -0.457 e. The maximum absolute atomic E-state index is 13.8. The summed E-state index contributed by atoms with van der Waals surface area (Å²) in [5.74, 6) is -1.59. The van der Waals surface area contributed by atoms with Crippen molar-refractivity contribution in [3.8, 4) is 11.4 Å². The third-order valence-corrected chi connectivity index (χ3v) is 6.14. The molecule has 0 radical (unpaired) electrons. The SMILES string of the molecule is Cc1cc(C(=O)COC(=O)Cc2ccccc2F)c(C)n1-c1c(C)n(C)n(-c2ccccc2)c1=O. The van der Waals surface area contributed by atoms with Gasteiger partial charge in [-0.15, -0.1) is 0 Å². The van der Waals surface area contributed by atoms with Crippen LogP contribution >= 0.6 is 0 Å². The molecule has 0 fully saturated rings. The fraction of sp³-hybridized carbons (Fsp3) is 0.222. The molecule has 0 atom stereocenters. The minimum absolute atomic E-state index is 0.206. The Morgan fingerprint density at radius 3 is 2.29 bits per heavy atom. The van der Waals surface area contributed by atoms with Crippen LogP contribution in [-0.4, -0.2) is 32.3 Å². The number of halogens is 1. The van der Waals surface area contributed by atoms with E-state index in [-0.39, 0.29) is 17.5 Å². The fourth-order valence-electron chi connectivity index (χ4n) is 4.27. The summed E-state index contributed by atoms with van der Waals surface area (Å²) in [5, 5.41) is 0. The van der Waals surface area contributed by atoms with Crippen molar-refractivity contribution < 1.29 is 18.7 Å². The number of benzene rings is 2. The Bertz CT molecular complexity index is 1480. The lowest BCUT2D eigenvalue weighted by atomic mass is 10.1. The molecule has 0 N–H and O–H groups in total. The molecular weight excluding hydrogens is 449 g/mol. The average molecular weight is 476 g/mol. The van der Waals surface area contributed by atoms with Gasteiger partial charge >= 0.3 is 5.97 Å². The summed E-state index contributed by atoms with van der Waals surface area (Å²) in [6.45, 7) is 4.94. The molecule has 0 aliphatic carbocycles. The normalized spacial score (nSPS) is 11.0. The van der Waals surface area contributed by atoms with Crippen molar-refractivity contribution in [1.29, 1.82) is 0 Å². The molecule has 4 rings (SSSR count). The van der Waals surface area contributed by atoms with E-state index in [0.29, 0.717) is 22.6 Å². The molecule has 0 unspecified atom stereocenters. The van der Waals surface area contributed by atoms with Gasteiger partial charge in [0.05, 0.1) is 17.8 Å².